The summed E-state index contributed by atoms with van der Waals surface area (Å²) in [5.41, 5.74) is 0.273. The van der Waals surface area contributed by atoms with Crippen LogP contribution in [0.3, 0.4) is 0 Å². The van der Waals surface area contributed by atoms with Crippen molar-refractivity contribution in [3.8, 4) is 0 Å². The Morgan fingerprint density at radius 1 is 1.46 bits per heavy atom. The van der Waals surface area contributed by atoms with Crippen molar-refractivity contribution in [1.29, 1.82) is 0 Å². The van der Waals surface area contributed by atoms with Gasteiger partial charge in [-0.05, 0) is 38.7 Å². The number of anilines is 1. The molecule has 1 spiro atoms. The molecule has 2 aliphatic rings. The van der Waals surface area contributed by atoms with Gasteiger partial charge in [-0.3, -0.25) is 14.5 Å². The Bertz CT molecular complexity index is 695. The highest BCUT2D eigenvalue weighted by Crippen LogP contribution is 2.38. The number of allylic oxidation sites excluding steroid dienone is 3. The Hall–Kier alpha value is -1.93. The quantitative estimate of drug-likeness (QED) is 0.630. The van der Waals surface area contributed by atoms with Gasteiger partial charge in [-0.1, -0.05) is 18.0 Å². The molecule has 2 heterocycles. The maximum Gasteiger partial charge on any atom is 0.271 e. The molecule has 24 heavy (non-hydrogen) atoms. The van der Waals surface area contributed by atoms with E-state index < -0.39 is 5.66 Å². The van der Waals surface area contributed by atoms with E-state index in [0.29, 0.717) is 17.9 Å². The topological polar surface area (TPSA) is 87.2 Å². The smallest absolute Gasteiger partial charge is 0.271 e. The van der Waals surface area contributed by atoms with Gasteiger partial charge >= 0.3 is 0 Å². The van der Waals surface area contributed by atoms with Gasteiger partial charge in [0.1, 0.15) is 11.4 Å². The molecule has 1 aromatic heterocycles. The van der Waals surface area contributed by atoms with E-state index in [9.17, 15) is 9.59 Å². The van der Waals surface area contributed by atoms with Crippen LogP contribution in [0, 0.1) is 0 Å². The lowest BCUT2D eigenvalue weighted by atomic mass is 9.88. The zero-order valence-electron chi connectivity index (χ0n) is 13.2. The van der Waals surface area contributed by atoms with Gasteiger partial charge in [-0.2, -0.15) is 8.75 Å². The molecule has 0 bridgehead atoms. The summed E-state index contributed by atoms with van der Waals surface area (Å²) in [4.78, 5) is 25.6. The van der Waals surface area contributed by atoms with Crippen LogP contribution >= 0.6 is 23.3 Å². The molecule has 128 valence electrons. The summed E-state index contributed by atoms with van der Waals surface area (Å²) in [6.45, 7) is 1.80. The van der Waals surface area contributed by atoms with Crippen molar-refractivity contribution in [3.63, 3.8) is 0 Å². The SMILES string of the molecule is C/C(=C\C(Cl)=C1\C(=O)NC2(CCCCC2)N1C=O)Nc1cnsn1. The fraction of sp³-hybridized carbons (Fsp3) is 0.467. The van der Waals surface area contributed by atoms with E-state index in [-0.39, 0.29) is 16.6 Å². The molecule has 3 rings (SSSR count). The fourth-order valence-electron chi connectivity index (χ4n) is 3.25. The normalized spacial score (nSPS) is 22.5. The average molecular weight is 368 g/mol. The van der Waals surface area contributed by atoms with Crippen LogP contribution in [-0.2, 0) is 9.59 Å². The van der Waals surface area contributed by atoms with E-state index in [0.717, 1.165) is 43.8 Å². The second-order valence-corrected chi connectivity index (χ2v) is 6.93. The minimum atomic E-state index is -0.624. The van der Waals surface area contributed by atoms with E-state index >= 15 is 0 Å². The molecule has 1 saturated carbocycles. The summed E-state index contributed by atoms with van der Waals surface area (Å²) < 4.78 is 7.95. The molecule has 0 unspecified atom stereocenters. The van der Waals surface area contributed by atoms with Gasteiger partial charge in [0.15, 0.2) is 5.82 Å². The summed E-state index contributed by atoms with van der Waals surface area (Å²) in [5, 5.41) is 6.22. The highest BCUT2D eigenvalue weighted by atomic mass is 35.5. The molecule has 1 aliphatic heterocycles. The van der Waals surface area contributed by atoms with Gasteiger partial charge in [0.05, 0.1) is 23.0 Å². The minimum absolute atomic E-state index is 0.200. The third-order valence-electron chi connectivity index (χ3n) is 4.31. The number of nitrogens with zero attached hydrogens (tertiary/aromatic N) is 3. The van der Waals surface area contributed by atoms with Crippen LogP contribution in [0.4, 0.5) is 5.82 Å². The Morgan fingerprint density at radius 3 is 2.83 bits per heavy atom. The molecule has 2 N–H and O–H groups in total. The van der Waals surface area contributed by atoms with Crippen molar-refractivity contribution >= 4 is 41.5 Å². The lowest BCUT2D eigenvalue weighted by Crippen LogP contribution is -2.52. The highest BCUT2D eigenvalue weighted by molar-refractivity contribution is 6.99. The van der Waals surface area contributed by atoms with E-state index in [1.54, 1.807) is 19.2 Å². The van der Waals surface area contributed by atoms with E-state index in [1.807, 2.05) is 0 Å². The van der Waals surface area contributed by atoms with Gasteiger partial charge in [0, 0.05) is 5.70 Å². The third-order valence-corrected chi connectivity index (χ3v) is 5.07. The van der Waals surface area contributed by atoms with Crippen molar-refractivity contribution in [1.82, 2.24) is 19.0 Å². The molecule has 1 aromatic rings. The number of amides is 2. The molecule has 2 fully saturated rings. The van der Waals surface area contributed by atoms with Crippen molar-refractivity contribution in [2.45, 2.75) is 44.7 Å². The third kappa shape index (κ3) is 3.16. The first-order valence-electron chi connectivity index (χ1n) is 7.75. The molecule has 0 aromatic carbocycles. The van der Waals surface area contributed by atoms with Crippen LogP contribution in [0.25, 0.3) is 0 Å². The van der Waals surface area contributed by atoms with Crippen molar-refractivity contribution < 1.29 is 9.59 Å². The number of carbonyl (C=O) groups is 2. The zero-order chi connectivity index (χ0) is 17.2. The van der Waals surface area contributed by atoms with Gasteiger partial charge in [-0.25, -0.2) is 0 Å². The van der Waals surface area contributed by atoms with Crippen LogP contribution < -0.4 is 10.6 Å². The van der Waals surface area contributed by atoms with Gasteiger partial charge < -0.3 is 10.6 Å². The van der Waals surface area contributed by atoms with Crippen molar-refractivity contribution in [2.24, 2.45) is 0 Å². The van der Waals surface area contributed by atoms with E-state index in [2.05, 4.69) is 19.4 Å². The fourth-order valence-corrected chi connectivity index (χ4v) is 3.97. The molecule has 0 atom stereocenters. The molecule has 1 saturated heterocycles. The number of carbonyl (C=O) groups excluding carboxylic acids is 2. The summed E-state index contributed by atoms with van der Waals surface area (Å²) in [6.07, 6.45) is 8.47. The van der Waals surface area contributed by atoms with Crippen LogP contribution in [0.15, 0.2) is 28.7 Å². The highest BCUT2D eigenvalue weighted by Gasteiger charge is 2.48. The Labute approximate surface area is 149 Å². The summed E-state index contributed by atoms with van der Waals surface area (Å²) in [5.74, 6) is 0.295. The molecule has 2 amide bonds. The van der Waals surface area contributed by atoms with Crippen LogP contribution in [0.2, 0.25) is 0 Å². The van der Waals surface area contributed by atoms with Crippen LogP contribution in [-0.4, -0.2) is 31.6 Å². The second-order valence-electron chi connectivity index (χ2n) is 5.96. The Kier molecular flexibility index (Phi) is 4.86. The first kappa shape index (κ1) is 16.9. The van der Waals surface area contributed by atoms with Crippen molar-refractivity contribution in [3.05, 3.63) is 28.7 Å². The van der Waals surface area contributed by atoms with Gasteiger partial charge in [-0.15, -0.1) is 0 Å². The number of nitrogens with one attached hydrogen (secondary N) is 2. The number of hydrogen-bond donors (Lipinski definition) is 2. The van der Waals surface area contributed by atoms with Gasteiger partial charge in [0.25, 0.3) is 5.91 Å². The number of halogens is 1. The Balaban J connectivity index is 1.88. The number of rotatable bonds is 4. The van der Waals surface area contributed by atoms with Crippen LogP contribution in [0.5, 0.6) is 0 Å². The molecule has 0 radical (unpaired) electrons. The minimum Gasteiger partial charge on any atom is -0.342 e. The first-order valence-corrected chi connectivity index (χ1v) is 8.86. The average Bonchev–Trinajstić information content (AvgIpc) is 3.13. The Morgan fingerprint density at radius 2 is 2.21 bits per heavy atom. The second kappa shape index (κ2) is 6.90. The van der Waals surface area contributed by atoms with Crippen LogP contribution in [0.1, 0.15) is 39.0 Å². The number of hydrogen-bond acceptors (Lipinski definition) is 6. The van der Waals surface area contributed by atoms with Crippen molar-refractivity contribution in [2.75, 3.05) is 5.32 Å². The van der Waals surface area contributed by atoms with E-state index in [1.165, 1.54) is 4.90 Å². The molecule has 7 nitrogen and oxygen atoms in total. The molecule has 9 heteroatoms. The molecular weight excluding hydrogens is 350 g/mol. The molecular formula is C15H18ClN5O2S. The number of aromatic nitrogens is 2. The summed E-state index contributed by atoms with van der Waals surface area (Å²) in [7, 11) is 0. The lowest BCUT2D eigenvalue weighted by Gasteiger charge is -2.38. The summed E-state index contributed by atoms with van der Waals surface area (Å²) >= 11 is 7.45. The molecule has 1 aliphatic carbocycles. The first-order chi connectivity index (χ1) is 11.6. The maximum atomic E-state index is 12.4. The van der Waals surface area contributed by atoms with Gasteiger partial charge in [0.2, 0.25) is 6.41 Å². The van der Waals surface area contributed by atoms with E-state index in [4.69, 9.17) is 11.6 Å². The predicted molar refractivity (Wildman–Crippen MR) is 92.0 cm³/mol. The summed E-state index contributed by atoms with van der Waals surface area (Å²) in [6, 6.07) is 0. The zero-order valence-corrected chi connectivity index (χ0v) is 14.8. The largest absolute Gasteiger partial charge is 0.342 e. The maximum absolute atomic E-state index is 12.4. The standard InChI is InChI=1S/C15H18ClN5O2S/c1-10(18-12-8-17-24-20-12)7-11(16)13-14(23)19-15(21(13)9-22)5-3-2-4-6-15/h7-9H,2-6H2,1H3,(H,18,20)(H,19,23)/b10-7+,13-11+. The monoisotopic (exact) mass is 367 g/mol. The lowest BCUT2D eigenvalue weighted by molar-refractivity contribution is -0.121. The predicted octanol–water partition coefficient (Wildman–Crippen LogP) is 2.55.